The van der Waals surface area contributed by atoms with Crippen LogP contribution in [0.15, 0.2) is 65.8 Å². The van der Waals surface area contributed by atoms with Crippen LogP contribution in [-0.4, -0.2) is 27.9 Å². The van der Waals surface area contributed by atoms with E-state index in [4.69, 9.17) is 16.3 Å². The Labute approximate surface area is 220 Å². The van der Waals surface area contributed by atoms with Crippen LogP contribution < -0.4 is 15.4 Å². The molecule has 1 aromatic heterocycles. The molecule has 0 radical (unpaired) electrons. The second-order valence-electron chi connectivity index (χ2n) is 8.43. The third-order valence-electron chi connectivity index (χ3n) is 5.65. The van der Waals surface area contributed by atoms with Crippen molar-refractivity contribution in [1.29, 1.82) is 0 Å². The number of nitrogens with one attached hydrogen (secondary N) is 2. The van der Waals surface area contributed by atoms with Crippen LogP contribution in [0.5, 0.6) is 5.75 Å². The number of hydrogen-bond acceptors (Lipinski definition) is 5. The SMILES string of the molecule is COc1cccc(CSc2nnc(CNC(=O)Nc3ccc(C)cc3C)n2-c2cc(Cl)ccc2C)c1. The number of anilines is 1. The van der Waals surface area contributed by atoms with Gasteiger partial charge in [0, 0.05) is 16.5 Å². The summed E-state index contributed by atoms with van der Waals surface area (Å²) in [5.74, 6) is 2.08. The number of methoxy groups -OCH3 is 1. The van der Waals surface area contributed by atoms with Gasteiger partial charge in [-0.05, 0) is 67.8 Å². The van der Waals surface area contributed by atoms with Gasteiger partial charge in [-0.25, -0.2) is 4.79 Å². The Hall–Kier alpha value is -3.49. The van der Waals surface area contributed by atoms with Crippen molar-refractivity contribution in [3.05, 3.63) is 93.8 Å². The summed E-state index contributed by atoms with van der Waals surface area (Å²) in [6.07, 6.45) is 0. The highest BCUT2D eigenvalue weighted by Gasteiger charge is 2.18. The normalized spacial score (nSPS) is 10.8. The molecule has 0 aliphatic carbocycles. The molecule has 0 unspecified atom stereocenters. The lowest BCUT2D eigenvalue weighted by Gasteiger charge is -2.14. The fraction of sp³-hybridized carbons (Fsp3) is 0.222. The summed E-state index contributed by atoms with van der Waals surface area (Å²) < 4.78 is 7.29. The molecule has 0 aliphatic rings. The first-order chi connectivity index (χ1) is 17.3. The molecule has 2 N–H and O–H groups in total. The third kappa shape index (κ3) is 6.19. The van der Waals surface area contributed by atoms with Crippen molar-refractivity contribution in [3.63, 3.8) is 0 Å². The number of aryl methyl sites for hydroxylation is 3. The minimum Gasteiger partial charge on any atom is -0.497 e. The maximum Gasteiger partial charge on any atom is 0.319 e. The number of nitrogens with zero attached hydrogens (tertiary/aromatic N) is 3. The van der Waals surface area contributed by atoms with Gasteiger partial charge < -0.3 is 15.4 Å². The second kappa shape index (κ2) is 11.5. The van der Waals surface area contributed by atoms with Crippen molar-refractivity contribution in [2.24, 2.45) is 0 Å². The van der Waals surface area contributed by atoms with E-state index >= 15 is 0 Å². The van der Waals surface area contributed by atoms with Crippen LogP contribution in [0.25, 0.3) is 5.69 Å². The van der Waals surface area contributed by atoms with E-state index in [1.807, 2.05) is 86.0 Å². The Balaban J connectivity index is 1.56. The van der Waals surface area contributed by atoms with Crippen molar-refractivity contribution >= 4 is 35.1 Å². The number of carbonyl (C=O) groups excluding carboxylic acids is 1. The quantitative estimate of drug-likeness (QED) is 0.260. The molecule has 0 spiro atoms. The molecule has 9 heteroatoms. The molecule has 2 amide bonds. The summed E-state index contributed by atoms with van der Waals surface area (Å²) in [5, 5.41) is 16.0. The minimum absolute atomic E-state index is 0.190. The fourth-order valence-corrected chi connectivity index (χ4v) is 4.84. The van der Waals surface area contributed by atoms with E-state index in [1.54, 1.807) is 18.9 Å². The summed E-state index contributed by atoms with van der Waals surface area (Å²) in [4.78, 5) is 12.7. The molecule has 0 fully saturated rings. The van der Waals surface area contributed by atoms with E-state index in [9.17, 15) is 4.79 Å². The van der Waals surface area contributed by atoms with Gasteiger partial charge in [0.15, 0.2) is 11.0 Å². The van der Waals surface area contributed by atoms with E-state index in [0.29, 0.717) is 21.8 Å². The lowest BCUT2D eigenvalue weighted by atomic mass is 10.1. The maximum atomic E-state index is 12.7. The van der Waals surface area contributed by atoms with Gasteiger partial charge in [0.2, 0.25) is 0 Å². The molecule has 3 aromatic carbocycles. The number of carbonyl (C=O) groups is 1. The molecule has 1 heterocycles. The highest BCUT2D eigenvalue weighted by molar-refractivity contribution is 7.98. The standard InChI is InChI=1S/C27H28ClN5O2S/c1-17-8-11-23(19(3)12-17)30-26(34)29-15-25-31-32-27(33(25)24-14-21(28)10-9-18(24)2)36-16-20-6-5-7-22(13-20)35-4/h5-14H,15-16H2,1-4H3,(H2,29,30,34). The van der Waals surface area contributed by atoms with Crippen molar-refractivity contribution in [2.45, 2.75) is 38.2 Å². The van der Waals surface area contributed by atoms with Gasteiger partial charge in [0.05, 0.1) is 19.3 Å². The van der Waals surface area contributed by atoms with Crippen molar-refractivity contribution in [3.8, 4) is 11.4 Å². The molecule has 7 nitrogen and oxygen atoms in total. The van der Waals surface area contributed by atoms with E-state index < -0.39 is 0 Å². The van der Waals surface area contributed by atoms with Crippen molar-refractivity contribution < 1.29 is 9.53 Å². The highest BCUT2D eigenvalue weighted by Crippen LogP contribution is 2.29. The fourth-order valence-electron chi connectivity index (χ4n) is 3.76. The van der Waals surface area contributed by atoms with Gasteiger partial charge in [-0.15, -0.1) is 10.2 Å². The highest BCUT2D eigenvalue weighted by atomic mass is 35.5. The van der Waals surface area contributed by atoms with Gasteiger partial charge in [-0.2, -0.15) is 0 Å². The van der Waals surface area contributed by atoms with Gasteiger partial charge in [0.1, 0.15) is 5.75 Å². The van der Waals surface area contributed by atoms with Crippen LogP contribution in [0.1, 0.15) is 28.1 Å². The number of thioether (sulfide) groups is 1. The second-order valence-corrected chi connectivity index (χ2v) is 9.81. The molecule has 4 rings (SSSR count). The molecule has 0 saturated heterocycles. The van der Waals surface area contributed by atoms with Crippen molar-refractivity contribution in [2.75, 3.05) is 12.4 Å². The van der Waals surface area contributed by atoms with Gasteiger partial charge in [0.25, 0.3) is 0 Å². The van der Waals surface area contributed by atoms with E-state index in [-0.39, 0.29) is 12.6 Å². The average molecular weight is 522 g/mol. The number of amides is 2. The molecule has 0 aliphatic heterocycles. The Morgan fingerprint density at radius 1 is 1.03 bits per heavy atom. The van der Waals surface area contributed by atoms with Gasteiger partial charge in [-0.1, -0.05) is 59.3 Å². The first-order valence-electron chi connectivity index (χ1n) is 11.4. The maximum absolute atomic E-state index is 12.7. The molecule has 4 aromatic rings. The summed E-state index contributed by atoms with van der Waals surface area (Å²) in [6.45, 7) is 6.18. The van der Waals surface area contributed by atoms with Crippen LogP contribution in [0, 0.1) is 20.8 Å². The first-order valence-corrected chi connectivity index (χ1v) is 12.8. The van der Waals surface area contributed by atoms with Gasteiger partial charge >= 0.3 is 6.03 Å². The van der Waals surface area contributed by atoms with E-state index in [0.717, 1.165) is 39.4 Å². The monoisotopic (exact) mass is 521 g/mol. The number of urea groups is 1. The van der Waals surface area contributed by atoms with Crippen molar-refractivity contribution in [1.82, 2.24) is 20.1 Å². The predicted molar refractivity (Wildman–Crippen MR) is 145 cm³/mol. The number of ether oxygens (including phenoxy) is 1. The van der Waals surface area contributed by atoms with E-state index in [1.165, 1.54) is 0 Å². The molecular formula is C27H28ClN5O2S. The number of hydrogen-bond donors (Lipinski definition) is 2. The number of rotatable bonds is 8. The number of benzene rings is 3. The van der Waals surface area contributed by atoms with Crippen LogP contribution in [-0.2, 0) is 12.3 Å². The predicted octanol–water partition coefficient (Wildman–Crippen LogP) is 6.47. The zero-order chi connectivity index (χ0) is 25.7. The molecule has 0 atom stereocenters. The Kier molecular flexibility index (Phi) is 8.18. The summed E-state index contributed by atoms with van der Waals surface area (Å²) in [5.41, 5.74) is 5.89. The Morgan fingerprint density at radius 2 is 1.86 bits per heavy atom. The molecule has 0 bridgehead atoms. The van der Waals surface area contributed by atoms with Crippen LogP contribution in [0.2, 0.25) is 5.02 Å². The van der Waals surface area contributed by atoms with Crippen LogP contribution in [0.4, 0.5) is 10.5 Å². The van der Waals surface area contributed by atoms with E-state index in [2.05, 4.69) is 20.8 Å². The molecule has 186 valence electrons. The first kappa shape index (κ1) is 25.6. The lowest BCUT2D eigenvalue weighted by molar-refractivity contribution is 0.251. The average Bonchev–Trinajstić information content (AvgIpc) is 3.27. The Morgan fingerprint density at radius 3 is 2.64 bits per heavy atom. The molecular weight excluding hydrogens is 494 g/mol. The smallest absolute Gasteiger partial charge is 0.319 e. The van der Waals surface area contributed by atoms with Crippen LogP contribution >= 0.6 is 23.4 Å². The lowest BCUT2D eigenvalue weighted by Crippen LogP contribution is -2.29. The summed E-state index contributed by atoms with van der Waals surface area (Å²) >= 11 is 7.89. The summed E-state index contributed by atoms with van der Waals surface area (Å²) in [6, 6.07) is 19.2. The molecule has 0 saturated carbocycles. The third-order valence-corrected chi connectivity index (χ3v) is 6.89. The molecule has 36 heavy (non-hydrogen) atoms. The van der Waals surface area contributed by atoms with Crippen LogP contribution in [0.3, 0.4) is 0 Å². The topological polar surface area (TPSA) is 81.1 Å². The number of halogens is 1. The number of aromatic nitrogens is 3. The Bertz CT molecular complexity index is 1390. The zero-order valence-electron chi connectivity index (χ0n) is 20.6. The van der Waals surface area contributed by atoms with Gasteiger partial charge in [-0.3, -0.25) is 4.57 Å². The zero-order valence-corrected chi connectivity index (χ0v) is 22.2. The summed E-state index contributed by atoms with van der Waals surface area (Å²) in [7, 11) is 1.65. The largest absolute Gasteiger partial charge is 0.497 e. The minimum atomic E-state index is -0.315.